The fourth-order valence-corrected chi connectivity index (χ4v) is 0.880. The Kier molecular flexibility index (Phi) is 0.904. The van der Waals surface area contributed by atoms with Gasteiger partial charge in [-0.1, -0.05) is 17.3 Å². The summed E-state index contributed by atoms with van der Waals surface area (Å²) >= 11 is 0. The smallest absolute Gasteiger partial charge is 0.426 e. The average molecular weight is 132 g/mol. The molecule has 1 unspecified atom stereocenters. The number of hydrogen-bond acceptors (Lipinski definition) is 1. The lowest BCUT2D eigenvalue weighted by atomic mass is 9.96. The van der Waals surface area contributed by atoms with Crippen molar-refractivity contribution in [1.29, 1.82) is 0 Å². The van der Waals surface area contributed by atoms with E-state index in [9.17, 15) is 0 Å². The number of amidine groups is 1. The molecule has 0 saturated heterocycles. The Morgan fingerprint density at radius 3 is 3.00 bits per heavy atom. The molecular weight excluding hydrogens is 128 g/mol. The largest absolute Gasteiger partial charge is 0.497 e. The zero-order valence-corrected chi connectivity index (χ0v) is 5.10. The molecule has 1 atom stereocenters. The molecule has 0 spiro atoms. The second kappa shape index (κ2) is 1.72. The highest BCUT2D eigenvalue weighted by Gasteiger charge is 2.25. The predicted octanol–water partition coefficient (Wildman–Crippen LogP) is 0.945. The Bertz CT molecular complexity index is 304. The van der Waals surface area contributed by atoms with Gasteiger partial charge >= 0.3 is 5.84 Å². The van der Waals surface area contributed by atoms with Crippen LogP contribution in [0.3, 0.4) is 0 Å². The first-order valence-corrected chi connectivity index (χ1v) is 2.93. The molecule has 4 heteroatoms. The molecule has 1 heterocycles. The minimum Gasteiger partial charge on any atom is -0.497 e. The second-order valence-electron chi connectivity index (χ2n) is 2.12. The number of hydrogen-bond donors (Lipinski definition) is 0. The van der Waals surface area contributed by atoms with Gasteiger partial charge in [0, 0.05) is 0 Å². The Labute approximate surface area is 57.2 Å². The highest BCUT2D eigenvalue weighted by molar-refractivity contribution is 5.91. The topological polar surface area (TPSA) is 61.1 Å². The van der Waals surface area contributed by atoms with E-state index in [-0.39, 0.29) is 11.9 Å². The minimum atomic E-state index is 0.116. The molecular formula is C6H4N4. The van der Waals surface area contributed by atoms with Gasteiger partial charge in [0.2, 0.25) is 0 Å². The van der Waals surface area contributed by atoms with Gasteiger partial charge in [0.05, 0.1) is 11.2 Å². The maximum atomic E-state index is 8.28. The van der Waals surface area contributed by atoms with Crippen molar-refractivity contribution < 1.29 is 4.79 Å². The Morgan fingerprint density at radius 2 is 2.50 bits per heavy atom. The summed E-state index contributed by atoms with van der Waals surface area (Å²) in [5, 5.41) is 7.46. The molecule has 0 aromatic heterocycles. The van der Waals surface area contributed by atoms with Crippen molar-refractivity contribution in [3.8, 4) is 0 Å². The quantitative estimate of drug-likeness (QED) is 0.348. The van der Waals surface area contributed by atoms with E-state index in [1.807, 2.05) is 12.2 Å². The molecule has 0 amide bonds. The van der Waals surface area contributed by atoms with Crippen molar-refractivity contribution in [1.82, 2.24) is 0 Å². The molecule has 0 N–H and O–H groups in total. The fourth-order valence-electron chi connectivity index (χ4n) is 0.880. The third kappa shape index (κ3) is 0.565. The third-order valence-electron chi connectivity index (χ3n) is 1.50. The van der Waals surface area contributed by atoms with Gasteiger partial charge in [-0.3, -0.25) is 0 Å². The van der Waals surface area contributed by atoms with Gasteiger partial charge in [-0.15, -0.1) is 0 Å². The molecule has 0 aromatic rings. The highest BCUT2D eigenvalue weighted by atomic mass is 15.2. The lowest BCUT2D eigenvalue weighted by Gasteiger charge is -2.14. The van der Waals surface area contributed by atoms with Crippen LogP contribution in [0.2, 0.25) is 0 Å². The molecule has 10 heavy (non-hydrogen) atoms. The van der Waals surface area contributed by atoms with Crippen LogP contribution in [0.25, 0.3) is 5.53 Å². The molecule has 1 aliphatic heterocycles. The lowest BCUT2D eigenvalue weighted by molar-refractivity contribution is -0.00581. The molecule has 2 aliphatic rings. The summed E-state index contributed by atoms with van der Waals surface area (Å²) in [5.74, 6) is 0.274. The van der Waals surface area contributed by atoms with E-state index in [1.54, 1.807) is 6.08 Å². The monoisotopic (exact) mass is 132 g/mol. The van der Waals surface area contributed by atoms with E-state index in [2.05, 4.69) is 15.0 Å². The maximum Gasteiger partial charge on any atom is 0.426 e. The summed E-state index contributed by atoms with van der Waals surface area (Å²) in [7, 11) is 0. The van der Waals surface area contributed by atoms with E-state index >= 15 is 0 Å². The second-order valence-corrected chi connectivity index (χ2v) is 2.12. The summed E-state index contributed by atoms with van der Waals surface area (Å²) in [4.78, 5) is 2.91. The molecule has 2 rings (SSSR count). The fraction of sp³-hybridized carbons (Fsp3) is 0.167. The zero-order valence-electron chi connectivity index (χ0n) is 5.10. The van der Waals surface area contributed by atoms with Crippen molar-refractivity contribution in [2.45, 2.75) is 6.04 Å². The number of rotatable bonds is 0. The van der Waals surface area contributed by atoms with E-state index in [1.165, 1.54) is 0 Å². The van der Waals surface area contributed by atoms with Gasteiger partial charge in [0.25, 0.3) is 0 Å². The van der Waals surface area contributed by atoms with Crippen molar-refractivity contribution in [3.05, 3.63) is 29.3 Å². The number of nitrogens with zero attached hydrogens (tertiary/aromatic N) is 4. The van der Waals surface area contributed by atoms with Crippen LogP contribution in [0, 0.1) is 0 Å². The number of fused-ring (bicyclic) bond motifs is 1. The van der Waals surface area contributed by atoms with Crippen LogP contribution in [0.1, 0.15) is 0 Å². The van der Waals surface area contributed by atoms with Crippen LogP contribution in [-0.2, 0) is 0 Å². The van der Waals surface area contributed by atoms with Gasteiger partial charge in [-0.2, -0.15) is 0 Å². The molecule has 0 bridgehead atoms. The van der Waals surface area contributed by atoms with Crippen LogP contribution < -0.4 is 0 Å². The first-order chi connectivity index (χ1) is 4.90. The Balaban J connectivity index is 2.45. The summed E-state index contributed by atoms with van der Waals surface area (Å²) in [6.45, 7) is 0. The normalized spacial score (nSPS) is 26.6. The maximum absolute atomic E-state index is 8.28. The van der Waals surface area contributed by atoms with Crippen LogP contribution in [0.5, 0.6) is 0 Å². The highest BCUT2D eigenvalue weighted by Crippen LogP contribution is 2.23. The SMILES string of the molecule is [N-]=[N+]=C1C=C2C=CC2N=N1. The van der Waals surface area contributed by atoms with Crippen LogP contribution >= 0.6 is 0 Å². The van der Waals surface area contributed by atoms with Gasteiger partial charge < -0.3 is 10.3 Å². The summed E-state index contributed by atoms with van der Waals surface area (Å²) < 4.78 is 0. The molecule has 0 radical (unpaired) electrons. The van der Waals surface area contributed by atoms with Crippen molar-refractivity contribution >= 4 is 5.84 Å². The van der Waals surface area contributed by atoms with Crippen molar-refractivity contribution in [2.24, 2.45) is 10.2 Å². The molecule has 48 valence electrons. The van der Waals surface area contributed by atoms with E-state index < -0.39 is 0 Å². The summed E-state index contributed by atoms with van der Waals surface area (Å²) in [6.07, 6.45) is 5.56. The van der Waals surface area contributed by atoms with Crippen molar-refractivity contribution in [3.63, 3.8) is 0 Å². The van der Waals surface area contributed by atoms with Crippen molar-refractivity contribution in [2.75, 3.05) is 0 Å². The Morgan fingerprint density at radius 1 is 1.60 bits per heavy atom. The summed E-state index contributed by atoms with van der Waals surface area (Å²) in [5.41, 5.74) is 9.34. The van der Waals surface area contributed by atoms with Gasteiger partial charge in [-0.05, 0) is 5.57 Å². The van der Waals surface area contributed by atoms with Crippen LogP contribution in [-0.4, -0.2) is 16.7 Å². The zero-order chi connectivity index (χ0) is 6.97. The number of azo groups is 1. The van der Waals surface area contributed by atoms with Crippen LogP contribution in [0.4, 0.5) is 0 Å². The third-order valence-corrected chi connectivity index (χ3v) is 1.50. The molecule has 1 aliphatic carbocycles. The standard InChI is InChI=1S/C6H4N4/c7-8-6-3-4-1-2-5(4)9-10-6/h1-3,5H. The minimum absolute atomic E-state index is 0.116. The lowest BCUT2D eigenvalue weighted by Crippen LogP contribution is -2.16. The molecule has 4 nitrogen and oxygen atoms in total. The Hall–Kier alpha value is -1.54. The predicted molar refractivity (Wildman–Crippen MR) is 34.5 cm³/mol. The van der Waals surface area contributed by atoms with E-state index in [4.69, 9.17) is 5.53 Å². The van der Waals surface area contributed by atoms with E-state index in [0.29, 0.717) is 0 Å². The van der Waals surface area contributed by atoms with Gasteiger partial charge in [0.1, 0.15) is 6.04 Å². The average Bonchev–Trinajstić information content (AvgIpc) is 1.92. The first kappa shape index (κ1) is 5.26. The van der Waals surface area contributed by atoms with Gasteiger partial charge in [-0.25, -0.2) is 0 Å². The molecule has 0 fully saturated rings. The molecule has 0 aromatic carbocycles. The molecule has 0 saturated carbocycles. The van der Waals surface area contributed by atoms with E-state index in [0.717, 1.165) is 5.57 Å². The van der Waals surface area contributed by atoms with Crippen LogP contribution in [0.15, 0.2) is 34.0 Å². The van der Waals surface area contributed by atoms with Gasteiger partial charge in [0.15, 0.2) is 0 Å². The summed E-state index contributed by atoms with van der Waals surface area (Å²) in [6, 6.07) is 0.116. The first-order valence-electron chi connectivity index (χ1n) is 2.93.